The second-order valence-electron chi connectivity index (χ2n) is 3.85. The molecule has 0 saturated carbocycles. The van der Waals surface area contributed by atoms with Crippen LogP contribution >= 0.6 is 11.6 Å². The summed E-state index contributed by atoms with van der Waals surface area (Å²) in [5.74, 6) is -0.409. The van der Waals surface area contributed by atoms with Crippen molar-refractivity contribution in [3.8, 4) is 0 Å². The van der Waals surface area contributed by atoms with E-state index in [1.54, 1.807) is 13.8 Å². The van der Waals surface area contributed by atoms with Crippen molar-refractivity contribution in [2.45, 2.75) is 24.8 Å². The summed E-state index contributed by atoms with van der Waals surface area (Å²) in [5.41, 5.74) is 0. The lowest BCUT2D eigenvalue weighted by Crippen LogP contribution is -2.39. The predicted molar refractivity (Wildman–Crippen MR) is 67.7 cm³/mol. The summed E-state index contributed by atoms with van der Waals surface area (Å²) in [6.07, 6.45) is 2.51. The molecule has 0 bridgehead atoms. The first-order valence-electron chi connectivity index (χ1n) is 5.21. The van der Waals surface area contributed by atoms with Crippen molar-refractivity contribution in [1.82, 2.24) is 15.0 Å². The van der Waals surface area contributed by atoms with Gasteiger partial charge in [-0.05, 0) is 19.9 Å². The zero-order chi connectivity index (χ0) is 13.8. The van der Waals surface area contributed by atoms with Crippen molar-refractivity contribution >= 4 is 27.5 Å². The number of amides is 1. The summed E-state index contributed by atoms with van der Waals surface area (Å²) in [6, 6.07) is 1.31. The summed E-state index contributed by atoms with van der Waals surface area (Å²) in [5, 5.41) is 2.62. The number of nitrogens with one attached hydrogen (secondary N) is 2. The van der Waals surface area contributed by atoms with E-state index < -0.39 is 15.9 Å². The molecular formula is C10H14ClN3O3S. The number of nitrogens with zero attached hydrogens (tertiary/aromatic N) is 1. The first-order valence-corrected chi connectivity index (χ1v) is 7.07. The van der Waals surface area contributed by atoms with Gasteiger partial charge in [-0.2, -0.15) is 0 Å². The molecule has 0 aliphatic rings. The van der Waals surface area contributed by atoms with E-state index in [2.05, 4.69) is 15.0 Å². The molecule has 0 aliphatic heterocycles. The molecule has 1 heterocycles. The fraction of sp³-hybridized carbons (Fsp3) is 0.400. The van der Waals surface area contributed by atoms with E-state index in [1.807, 2.05) is 0 Å². The van der Waals surface area contributed by atoms with Gasteiger partial charge in [-0.25, -0.2) is 13.1 Å². The van der Waals surface area contributed by atoms with Crippen LogP contribution in [0.25, 0.3) is 0 Å². The Labute approximate surface area is 111 Å². The quantitative estimate of drug-likeness (QED) is 0.829. The second-order valence-corrected chi connectivity index (χ2v) is 6.00. The van der Waals surface area contributed by atoms with E-state index in [0.29, 0.717) is 0 Å². The third-order valence-electron chi connectivity index (χ3n) is 1.90. The Morgan fingerprint density at radius 1 is 1.50 bits per heavy atom. The maximum absolute atomic E-state index is 11.8. The van der Waals surface area contributed by atoms with Crippen LogP contribution in [0.2, 0.25) is 5.02 Å². The molecule has 1 rings (SSSR count). The molecular weight excluding hydrogens is 278 g/mol. The van der Waals surface area contributed by atoms with E-state index in [-0.39, 0.29) is 22.5 Å². The Kier molecular flexibility index (Phi) is 5.06. The van der Waals surface area contributed by atoms with Crippen LogP contribution in [0.5, 0.6) is 0 Å². The average Bonchev–Trinajstić information content (AvgIpc) is 2.26. The Balaban J connectivity index is 2.72. The Bertz CT molecular complexity index is 531. The normalized spacial score (nSPS) is 11.6. The smallest absolute Gasteiger partial charge is 0.244 e. The highest BCUT2D eigenvalue weighted by Crippen LogP contribution is 2.18. The van der Waals surface area contributed by atoms with Crippen molar-refractivity contribution in [1.29, 1.82) is 0 Å². The number of hydrogen-bond donors (Lipinski definition) is 2. The maximum atomic E-state index is 11.8. The molecule has 8 heteroatoms. The first-order chi connectivity index (χ1) is 8.33. The largest absolute Gasteiger partial charge is 0.353 e. The van der Waals surface area contributed by atoms with Gasteiger partial charge < -0.3 is 5.32 Å². The Morgan fingerprint density at radius 3 is 2.72 bits per heavy atom. The Hall–Kier alpha value is -1.18. The number of aromatic nitrogens is 1. The molecule has 2 N–H and O–H groups in total. The standard InChI is InChI=1S/C10H14ClN3O3S/c1-7(2)14-10(15)6-13-18(16,17)9-5-12-4-3-8(9)11/h3-5,7,13H,6H2,1-2H3,(H,14,15). The highest BCUT2D eigenvalue weighted by Gasteiger charge is 2.19. The van der Waals surface area contributed by atoms with Crippen molar-refractivity contribution in [3.05, 3.63) is 23.5 Å². The number of rotatable bonds is 5. The van der Waals surface area contributed by atoms with Crippen molar-refractivity contribution in [2.75, 3.05) is 6.54 Å². The maximum Gasteiger partial charge on any atom is 0.244 e. The topological polar surface area (TPSA) is 88.2 Å². The molecule has 0 atom stereocenters. The highest BCUT2D eigenvalue weighted by atomic mass is 35.5. The van der Waals surface area contributed by atoms with Crippen molar-refractivity contribution in [2.24, 2.45) is 0 Å². The minimum atomic E-state index is -3.83. The van der Waals surface area contributed by atoms with Crippen LogP contribution < -0.4 is 10.0 Å². The molecule has 0 fully saturated rings. The number of carbonyl (C=O) groups excluding carboxylic acids is 1. The molecule has 1 amide bonds. The lowest BCUT2D eigenvalue weighted by Gasteiger charge is -2.10. The van der Waals surface area contributed by atoms with Gasteiger partial charge in [-0.1, -0.05) is 11.6 Å². The third kappa shape index (κ3) is 4.25. The van der Waals surface area contributed by atoms with Crippen LogP contribution in [0.1, 0.15) is 13.8 Å². The predicted octanol–water partition coefficient (Wildman–Crippen LogP) is 0.538. The van der Waals surface area contributed by atoms with Gasteiger partial charge in [0.15, 0.2) is 0 Å². The molecule has 0 spiro atoms. The van der Waals surface area contributed by atoms with E-state index in [9.17, 15) is 13.2 Å². The average molecular weight is 292 g/mol. The van der Waals surface area contributed by atoms with Gasteiger partial charge in [-0.3, -0.25) is 9.78 Å². The van der Waals surface area contributed by atoms with Crippen LogP contribution in [0.15, 0.2) is 23.4 Å². The van der Waals surface area contributed by atoms with Gasteiger partial charge in [0.05, 0.1) is 11.6 Å². The number of hydrogen-bond acceptors (Lipinski definition) is 4. The third-order valence-corrected chi connectivity index (χ3v) is 3.77. The van der Waals surface area contributed by atoms with Crippen molar-refractivity contribution < 1.29 is 13.2 Å². The number of sulfonamides is 1. The van der Waals surface area contributed by atoms with Crippen LogP contribution in [-0.2, 0) is 14.8 Å². The number of carbonyl (C=O) groups is 1. The van der Waals surface area contributed by atoms with Gasteiger partial charge in [0, 0.05) is 18.4 Å². The summed E-state index contributed by atoms with van der Waals surface area (Å²) >= 11 is 5.75. The van der Waals surface area contributed by atoms with E-state index in [4.69, 9.17) is 11.6 Å². The molecule has 6 nitrogen and oxygen atoms in total. The summed E-state index contributed by atoms with van der Waals surface area (Å²) < 4.78 is 25.8. The molecule has 100 valence electrons. The van der Waals surface area contributed by atoms with Gasteiger partial charge >= 0.3 is 0 Å². The van der Waals surface area contributed by atoms with Crippen molar-refractivity contribution in [3.63, 3.8) is 0 Å². The molecule has 0 radical (unpaired) electrons. The summed E-state index contributed by atoms with van der Waals surface area (Å²) in [6.45, 7) is 3.22. The van der Waals surface area contributed by atoms with Gasteiger partial charge in [0.25, 0.3) is 0 Å². The van der Waals surface area contributed by atoms with E-state index >= 15 is 0 Å². The fourth-order valence-corrected chi connectivity index (χ4v) is 2.58. The zero-order valence-electron chi connectivity index (χ0n) is 9.97. The monoisotopic (exact) mass is 291 g/mol. The molecule has 1 aromatic heterocycles. The van der Waals surface area contributed by atoms with Crippen LogP contribution in [-0.4, -0.2) is 31.9 Å². The highest BCUT2D eigenvalue weighted by molar-refractivity contribution is 7.89. The molecule has 1 aromatic rings. The van der Waals surface area contributed by atoms with Crippen LogP contribution in [0, 0.1) is 0 Å². The van der Waals surface area contributed by atoms with E-state index in [1.165, 1.54) is 12.3 Å². The number of pyridine rings is 1. The lowest BCUT2D eigenvalue weighted by molar-refractivity contribution is -0.120. The fourth-order valence-electron chi connectivity index (χ4n) is 1.17. The minimum absolute atomic E-state index is 0.0519. The number of halogens is 1. The Morgan fingerprint density at radius 2 is 2.17 bits per heavy atom. The zero-order valence-corrected chi connectivity index (χ0v) is 11.5. The van der Waals surface area contributed by atoms with Gasteiger partial charge in [0.2, 0.25) is 15.9 Å². The molecule has 0 saturated heterocycles. The first kappa shape index (κ1) is 14.9. The molecule has 0 aromatic carbocycles. The lowest BCUT2D eigenvalue weighted by atomic mass is 10.4. The second kappa shape index (κ2) is 6.12. The van der Waals surface area contributed by atoms with Gasteiger partial charge in [0.1, 0.15) is 4.90 Å². The van der Waals surface area contributed by atoms with Gasteiger partial charge in [-0.15, -0.1) is 0 Å². The molecule has 18 heavy (non-hydrogen) atoms. The molecule has 0 unspecified atom stereocenters. The van der Waals surface area contributed by atoms with E-state index in [0.717, 1.165) is 6.20 Å². The summed E-state index contributed by atoms with van der Waals surface area (Å²) in [7, 11) is -3.83. The minimum Gasteiger partial charge on any atom is -0.353 e. The summed E-state index contributed by atoms with van der Waals surface area (Å²) in [4.78, 5) is 14.9. The molecule has 0 aliphatic carbocycles. The van der Waals surface area contributed by atoms with Crippen LogP contribution in [0.4, 0.5) is 0 Å². The van der Waals surface area contributed by atoms with Crippen LogP contribution in [0.3, 0.4) is 0 Å². The SMILES string of the molecule is CC(C)NC(=O)CNS(=O)(=O)c1cnccc1Cl.